The number of carbonyl (C=O) groups is 2. The number of alkyl carbamates (subject to hydrolysis) is 1. The van der Waals surface area contributed by atoms with Crippen LogP contribution in [0.25, 0.3) is 10.9 Å². The number of halogens is 1. The van der Waals surface area contributed by atoms with E-state index in [9.17, 15) is 14.7 Å². The Labute approximate surface area is 193 Å². The summed E-state index contributed by atoms with van der Waals surface area (Å²) in [6, 6.07) is 3.61. The number of H-pyrrole nitrogens is 1. The van der Waals surface area contributed by atoms with Crippen LogP contribution < -0.4 is 5.32 Å². The van der Waals surface area contributed by atoms with Crippen LogP contribution in [0.15, 0.2) is 18.3 Å². The molecule has 1 fully saturated rings. The molecule has 1 aromatic heterocycles. The summed E-state index contributed by atoms with van der Waals surface area (Å²) in [5.74, 6) is 0.0685. The Balaban J connectivity index is 1.59. The first-order valence-corrected chi connectivity index (χ1v) is 11.3. The van der Waals surface area contributed by atoms with Gasteiger partial charge in [0.05, 0.1) is 17.8 Å². The Kier molecular flexibility index (Phi) is 7.05. The third kappa shape index (κ3) is 5.53. The van der Waals surface area contributed by atoms with Crippen molar-refractivity contribution in [2.75, 3.05) is 19.6 Å². The van der Waals surface area contributed by atoms with Crippen LogP contribution in [0, 0.1) is 11.3 Å². The molecule has 2 heterocycles. The zero-order valence-corrected chi connectivity index (χ0v) is 20.1. The van der Waals surface area contributed by atoms with Crippen molar-refractivity contribution in [3.05, 3.63) is 28.9 Å². The predicted octanol–water partition coefficient (Wildman–Crippen LogP) is 4.04. The molecule has 9 heteroatoms. The summed E-state index contributed by atoms with van der Waals surface area (Å²) in [5, 5.41) is 22.3. The minimum atomic E-state index is -0.745. The molecule has 3 N–H and O–H groups in total. The molecule has 8 nitrogen and oxygen atoms in total. The molecule has 32 heavy (non-hydrogen) atoms. The molecule has 0 unspecified atom stereocenters. The topological polar surface area (TPSA) is 108 Å². The Morgan fingerprint density at radius 1 is 1.28 bits per heavy atom. The summed E-state index contributed by atoms with van der Waals surface area (Å²) in [6.07, 6.45) is 1.87. The third-order valence-electron chi connectivity index (χ3n) is 6.23. The minimum absolute atomic E-state index is 0.0914. The number of rotatable bonds is 5. The fourth-order valence-corrected chi connectivity index (χ4v) is 4.57. The smallest absolute Gasteiger partial charge is 0.408 e. The van der Waals surface area contributed by atoms with Gasteiger partial charge in [-0.25, -0.2) is 4.79 Å². The van der Waals surface area contributed by atoms with Crippen molar-refractivity contribution in [2.45, 2.75) is 59.2 Å². The number of amides is 2. The van der Waals surface area contributed by atoms with E-state index in [1.165, 1.54) is 0 Å². The molecule has 2 amide bonds. The van der Waals surface area contributed by atoms with Crippen molar-refractivity contribution in [1.82, 2.24) is 20.4 Å². The van der Waals surface area contributed by atoms with Gasteiger partial charge in [0.1, 0.15) is 12.1 Å². The number of likely N-dealkylation sites (tertiary alicyclic amines) is 1. The fourth-order valence-electron chi connectivity index (χ4n) is 4.33. The van der Waals surface area contributed by atoms with Gasteiger partial charge < -0.3 is 20.1 Å². The number of benzene rings is 1. The highest BCUT2D eigenvalue weighted by Crippen LogP contribution is 2.46. The number of nitrogens with one attached hydrogen (secondary N) is 2. The van der Waals surface area contributed by atoms with Crippen LogP contribution >= 0.6 is 11.6 Å². The zero-order valence-electron chi connectivity index (χ0n) is 19.4. The summed E-state index contributed by atoms with van der Waals surface area (Å²) >= 11 is 6.27. The molecular formula is C23H33ClN4O4. The zero-order chi connectivity index (χ0) is 23.7. The standard InChI is InChI=1S/C23H33ClN4O4/c1-22(2,3)32-21(31)25-13-18(29)28-8-6-15(7-9-28)23(4,5)20(30)17-11-16(24)10-14-12-26-27-19(14)17/h10-12,15,20,30H,6-9,13H2,1-5H3,(H,25,31)(H,26,27)/t20-/m1/s1. The van der Waals surface area contributed by atoms with Crippen LogP contribution in [-0.4, -0.2) is 57.4 Å². The quantitative estimate of drug-likeness (QED) is 0.619. The van der Waals surface area contributed by atoms with E-state index in [0.717, 1.165) is 29.3 Å². The molecule has 1 aromatic carbocycles. The van der Waals surface area contributed by atoms with Crippen molar-refractivity contribution >= 4 is 34.5 Å². The number of aromatic nitrogens is 2. The van der Waals surface area contributed by atoms with Gasteiger partial charge in [0.15, 0.2) is 0 Å². The molecule has 0 radical (unpaired) electrons. The number of nitrogens with zero attached hydrogens (tertiary/aromatic N) is 2. The normalized spacial score (nSPS) is 16.8. The average molecular weight is 465 g/mol. The van der Waals surface area contributed by atoms with Crippen molar-refractivity contribution < 1.29 is 19.4 Å². The highest BCUT2D eigenvalue weighted by atomic mass is 35.5. The second kappa shape index (κ2) is 9.27. The molecular weight excluding hydrogens is 432 g/mol. The van der Waals surface area contributed by atoms with Crippen LogP contribution in [0.1, 0.15) is 59.1 Å². The van der Waals surface area contributed by atoms with Crippen LogP contribution in [0.4, 0.5) is 4.79 Å². The summed E-state index contributed by atoms with van der Waals surface area (Å²) in [6.45, 7) is 10.5. The Morgan fingerprint density at radius 3 is 2.56 bits per heavy atom. The Morgan fingerprint density at radius 2 is 1.94 bits per heavy atom. The molecule has 1 aliphatic heterocycles. The molecule has 0 bridgehead atoms. The van der Waals surface area contributed by atoms with Gasteiger partial charge in [-0.3, -0.25) is 9.89 Å². The first-order chi connectivity index (χ1) is 14.9. The van der Waals surface area contributed by atoms with E-state index in [-0.39, 0.29) is 18.4 Å². The van der Waals surface area contributed by atoms with E-state index in [1.807, 2.05) is 19.9 Å². The lowest BCUT2D eigenvalue weighted by Gasteiger charge is -2.43. The summed E-state index contributed by atoms with van der Waals surface area (Å²) in [5.41, 5.74) is 0.473. The summed E-state index contributed by atoms with van der Waals surface area (Å²) in [4.78, 5) is 26.1. The molecule has 0 saturated carbocycles. The molecule has 0 spiro atoms. The molecule has 176 valence electrons. The molecule has 1 aliphatic rings. The maximum Gasteiger partial charge on any atom is 0.408 e. The van der Waals surface area contributed by atoms with Crippen molar-refractivity contribution in [3.8, 4) is 0 Å². The van der Waals surface area contributed by atoms with Gasteiger partial charge in [-0.1, -0.05) is 25.4 Å². The Hall–Kier alpha value is -2.32. The molecule has 1 atom stereocenters. The number of hydrogen-bond donors (Lipinski definition) is 3. The second-order valence-electron chi connectivity index (χ2n) is 10.1. The predicted molar refractivity (Wildman–Crippen MR) is 123 cm³/mol. The molecule has 1 saturated heterocycles. The minimum Gasteiger partial charge on any atom is -0.444 e. The van der Waals surface area contributed by atoms with E-state index >= 15 is 0 Å². The van der Waals surface area contributed by atoms with E-state index in [1.54, 1.807) is 37.9 Å². The first kappa shape index (κ1) is 24.3. The number of hydrogen-bond acceptors (Lipinski definition) is 5. The van der Waals surface area contributed by atoms with E-state index in [0.29, 0.717) is 18.1 Å². The van der Waals surface area contributed by atoms with Gasteiger partial charge >= 0.3 is 6.09 Å². The van der Waals surface area contributed by atoms with Gasteiger partial charge in [-0.15, -0.1) is 0 Å². The van der Waals surface area contributed by atoms with Gasteiger partial charge in [0, 0.05) is 29.1 Å². The maximum atomic E-state index is 12.5. The van der Waals surface area contributed by atoms with Crippen molar-refractivity contribution in [1.29, 1.82) is 0 Å². The number of carbonyl (C=O) groups excluding carboxylic acids is 2. The lowest BCUT2D eigenvalue weighted by atomic mass is 9.68. The number of ether oxygens (including phenoxy) is 1. The van der Waals surface area contributed by atoms with E-state index < -0.39 is 23.2 Å². The maximum absolute atomic E-state index is 12.5. The van der Waals surface area contributed by atoms with Gasteiger partial charge in [0.25, 0.3) is 0 Å². The monoisotopic (exact) mass is 464 g/mol. The summed E-state index contributed by atoms with van der Waals surface area (Å²) < 4.78 is 5.17. The first-order valence-electron chi connectivity index (χ1n) is 10.9. The van der Waals surface area contributed by atoms with Gasteiger partial charge in [-0.05, 0) is 57.1 Å². The average Bonchev–Trinajstić information content (AvgIpc) is 3.18. The Bertz CT molecular complexity index is 974. The number of piperidine rings is 1. The summed E-state index contributed by atoms with van der Waals surface area (Å²) in [7, 11) is 0. The van der Waals surface area contributed by atoms with Gasteiger partial charge in [-0.2, -0.15) is 5.10 Å². The highest BCUT2D eigenvalue weighted by Gasteiger charge is 2.40. The lowest BCUT2D eigenvalue weighted by Crippen LogP contribution is -2.47. The number of fused-ring (bicyclic) bond motifs is 1. The van der Waals surface area contributed by atoms with Crippen LogP contribution in [0.5, 0.6) is 0 Å². The fraction of sp³-hybridized carbons (Fsp3) is 0.609. The van der Waals surface area contributed by atoms with E-state index in [2.05, 4.69) is 15.5 Å². The van der Waals surface area contributed by atoms with Crippen LogP contribution in [-0.2, 0) is 9.53 Å². The van der Waals surface area contributed by atoms with Crippen LogP contribution in [0.3, 0.4) is 0 Å². The number of aromatic amines is 1. The van der Waals surface area contributed by atoms with Crippen LogP contribution in [0.2, 0.25) is 5.02 Å². The third-order valence-corrected chi connectivity index (χ3v) is 6.44. The van der Waals surface area contributed by atoms with Crippen molar-refractivity contribution in [3.63, 3.8) is 0 Å². The number of aliphatic hydroxyl groups is 1. The number of aliphatic hydroxyl groups excluding tert-OH is 1. The molecule has 0 aliphatic carbocycles. The largest absolute Gasteiger partial charge is 0.444 e. The highest BCUT2D eigenvalue weighted by molar-refractivity contribution is 6.31. The lowest BCUT2D eigenvalue weighted by molar-refractivity contribution is -0.132. The second-order valence-corrected chi connectivity index (χ2v) is 10.5. The molecule has 2 aromatic rings. The molecule has 3 rings (SSSR count). The van der Waals surface area contributed by atoms with Gasteiger partial charge in [0.2, 0.25) is 5.91 Å². The SMILES string of the molecule is CC(C)(C)OC(=O)NCC(=O)N1CCC(C(C)(C)[C@H](O)c2cc(Cl)cc3cn[nH]c23)CC1. The van der Waals surface area contributed by atoms with E-state index in [4.69, 9.17) is 16.3 Å². The van der Waals surface area contributed by atoms with Crippen molar-refractivity contribution in [2.24, 2.45) is 11.3 Å².